The van der Waals surface area contributed by atoms with Crippen LogP contribution in [0.3, 0.4) is 0 Å². The van der Waals surface area contributed by atoms with Crippen molar-refractivity contribution < 1.29 is 4.39 Å². The fraction of sp³-hybridized carbons (Fsp3) is 0.267. The molecule has 1 N–H and O–H groups in total. The number of halogens is 1. The lowest BCUT2D eigenvalue weighted by molar-refractivity contribution is 0.567. The molecule has 0 spiro atoms. The SMILES string of the molecule is Cc1ccc(F)cc1CN[C@@H](C)c1ccncc1. The molecule has 0 aliphatic heterocycles. The molecule has 0 aliphatic rings. The average molecular weight is 244 g/mol. The molecule has 0 fully saturated rings. The highest BCUT2D eigenvalue weighted by Gasteiger charge is 2.06. The molecule has 18 heavy (non-hydrogen) atoms. The molecule has 0 bridgehead atoms. The fourth-order valence-corrected chi connectivity index (χ4v) is 1.86. The van der Waals surface area contributed by atoms with Crippen LogP contribution in [-0.4, -0.2) is 4.98 Å². The lowest BCUT2D eigenvalue weighted by Crippen LogP contribution is -2.18. The Bertz CT molecular complexity index is 511. The first-order chi connectivity index (χ1) is 8.66. The Hall–Kier alpha value is -1.74. The summed E-state index contributed by atoms with van der Waals surface area (Å²) in [6, 6.07) is 9.07. The highest BCUT2D eigenvalue weighted by atomic mass is 19.1. The van der Waals surface area contributed by atoms with E-state index in [2.05, 4.69) is 17.2 Å². The van der Waals surface area contributed by atoms with Gasteiger partial charge in [0.2, 0.25) is 0 Å². The Kier molecular flexibility index (Phi) is 4.05. The van der Waals surface area contributed by atoms with Gasteiger partial charge in [0.25, 0.3) is 0 Å². The topological polar surface area (TPSA) is 24.9 Å². The molecule has 2 rings (SSSR count). The third kappa shape index (κ3) is 3.14. The van der Waals surface area contributed by atoms with Crippen LogP contribution in [-0.2, 0) is 6.54 Å². The van der Waals surface area contributed by atoms with Crippen molar-refractivity contribution in [3.63, 3.8) is 0 Å². The highest BCUT2D eigenvalue weighted by molar-refractivity contribution is 5.26. The first-order valence-electron chi connectivity index (χ1n) is 6.05. The van der Waals surface area contributed by atoms with Crippen LogP contribution in [0.2, 0.25) is 0 Å². The molecule has 0 amide bonds. The summed E-state index contributed by atoms with van der Waals surface area (Å²) in [5.41, 5.74) is 3.28. The van der Waals surface area contributed by atoms with Crippen LogP contribution >= 0.6 is 0 Å². The Morgan fingerprint density at radius 2 is 1.94 bits per heavy atom. The fourth-order valence-electron chi connectivity index (χ4n) is 1.86. The van der Waals surface area contributed by atoms with Gasteiger partial charge in [0.05, 0.1) is 0 Å². The van der Waals surface area contributed by atoms with Gasteiger partial charge < -0.3 is 5.32 Å². The van der Waals surface area contributed by atoms with Crippen molar-refractivity contribution in [1.82, 2.24) is 10.3 Å². The van der Waals surface area contributed by atoms with E-state index in [4.69, 9.17) is 0 Å². The summed E-state index contributed by atoms with van der Waals surface area (Å²) < 4.78 is 13.2. The standard InChI is InChI=1S/C15H17FN2/c1-11-3-4-15(16)9-14(11)10-18-12(2)13-5-7-17-8-6-13/h3-9,12,18H,10H2,1-2H3/t12-/m0/s1. The Morgan fingerprint density at radius 1 is 1.22 bits per heavy atom. The van der Waals surface area contributed by atoms with Crippen LogP contribution in [0, 0.1) is 12.7 Å². The van der Waals surface area contributed by atoms with Crippen molar-refractivity contribution in [2.75, 3.05) is 0 Å². The van der Waals surface area contributed by atoms with E-state index >= 15 is 0 Å². The minimum atomic E-state index is -0.186. The summed E-state index contributed by atoms with van der Waals surface area (Å²) in [4.78, 5) is 3.99. The van der Waals surface area contributed by atoms with E-state index in [0.717, 1.165) is 11.1 Å². The maximum atomic E-state index is 13.2. The van der Waals surface area contributed by atoms with E-state index < -0.39 is 0 Å². The first-order valence-corrected chi connectivity index (χ1v) is 6.05. The van der Waals surface area contributed by atoms with Gasteiger partial charge in [0.15, 0.2) is 0 Å². The van der Waals surface area contributed by atoms with E-state index in [-0.39, 0.29) is 11.9 Å². The second-order valence-electron chi connectivity index (χ2n) is 4.45. The van der Waals surface area contributed by atoms with E-state index in [1.807, 2.05) is 25.1 Å². The van der Waals surface area contributed by atoms with E-state index in [1.165, 1.54) is 11.6 Å². The molecule has 1 atom stereocenters. The Morgan fingerprint density at radius 3 is 2.67 bits per heavy atom. The predicted molar refractivity (Wildman–Crippen MR) is 70.6 cm³/mol. The van der Waals surface area contributed by atoms with Gasteiger partial charge in [0, 0.05) is 25.0 Å². The molecule has 94 valence electrons. The quantitative estimate of drug-likeness (QED) is 0.891. The van der Waals surface area contributed by atoms with Crippen LogP contribution in [0.4, 0.5) is 4.39 Å². The monoisotopic (exact) mass is 244 g/mol. The van der Waals surface area contributed by atoms with E-state index in [9.17, 15) is 4.39 Å². The number of aromatic nitrogens is 1. The summed E-state index contributed by atoms with van der Waals surface area (Å²) in [6.45, 7) is 4.74. The minimum Gasteiger partial charge on any atom is -0.306 e. The van der Waals surface area contributed by atoms with Gasteiger partial charge in [0.1, 0.15) is 5.82 Å². The van der Waals surface area contributed by atoms with Gasteiger partial charge in [-0.2, -0.15) is 0 Å². The first kappa shape index (κ1) is 12.7. The van der Waals surface area contributed by atoms with E-state index in [1.54, 1.807) is 18.5 Å². The molecule has 2 nitrogen and oxygen atoms in total. The number of aryl methyl sites for hydroxylation is 1. The zero-order valence-electron chi connectivity index (χ0n) is 10.7. The maximum absolute atomic E-state index is 13.2. The van der Waals surface area contributed by atoms with Gasteiger partial charge in [-0.05, 0) is 54.8 Å². The average Bonchev–Trinajstić information content (AvgIpc) is 2.40. The number of benzene rings is 1. The number of nitrogens with zero attached hydrogens (tertiary/aromatic N) is 1. The molecule has 1 heterocycles. The zero-order chi connectivity index (χ0) is 13.0. The molecule has 0 unspecified atom stereocenters. The number of hydrogen-bond acceptors (Lipinski definition) is 2. The number of rotatable bonds is 4. The maximum Gasteiger partial charge on any atom is 0.123 e. The van der Waals surface area contributed by atoms with Crippen LogP contribution in [0.5, 0.6) is 0 Å². The molecule has 0 radical (unpaired) electrons. The van der Waals surface area contributed by atoms with Crippen molar-refractivity contribution in [2.24, 2.45) is 0 Å². The molecule has 0 saturated heterocycles. The molecule has 3 heteroatoms. The Balaban J connectivity index is 2.01. The largest absolute Gasteiger partial charge is 0.306 e. The van der Waals surface area contributed by atoms with Crippen LogP contribution in [0.25, 0.3) is 0 Å². The van der Waals surface area contributed by atoms with Crippen LogP contribution in [0.15, 0.2) is 42.7 Å². The smallest absolute Gasteiger partial charge is 0.123 e. The van der Waals surface area contributed by atoms with Gasteiger partial charge in [-0.25, -0.2) is 4.39 Å². The zero-order valence-corrected chi connectivity index (χ0v) is 10.7. The summed E-state index contributed by atoms with van der Waals surface area (Å²) in [5.74, 6) is -0.186. The summed E-state index contributed by atoms with van der Waals surface area (Å²) in [6.07, 6.45) is 3.56. The van der Waals surface area contributed by atoms with Crippen LogP contribution in [0.1, 0.15) is 29.7 Å². The van der Waals surface area contributed by atoms with Crippen molar-refractivity contribution >= 4 is 0 Å². The van der Waals surface area contributed by atoms with Gasteiger partial charge in [-0.15, -0.1) is 0 Å². The molecule has 0 aliphatic carbocycles. The third-order valence-corrected chi connectivity index (χ3v) is 3.12. The summed E-state index contributed by atoms with van der Waals surface area (Å²) in [5, 5.41) is 3.39. The lowest BCUT2D eigenvalue weighted by Gasteiger charge is -2.15. The van der Waals surface area contributed by atoms with Crippen molar-refractivity contribution in [3.8, 4) is 0 Å². The highest BCUT2D eigenvalue weighted by Crippen LogP contribution is 2.14. The second kappa shape index (κ2) is 5.74. The van der Waals surface area contributed by atoms with Crippen LogP contribution < -0.4 is 5.32 Å². The number of hydrogen-bond donors (Lipinski definition) is 1. The van der Waals surface area contributed by atoms with Crippen molar-refractivity contribution in [3.05, 3.63) is 65.2 Å². The van der Waals surface area contributed by atoms with Crippen molar-refractivity contribution in [2.45, 2.75) is 26.4 Å². The normalized spacial score (nSPS) is 12.4. The number of nitrogens with one attached hydrogen (secondary N) is 1. The summed E-state index contributed by atoms with van der Waals surface area (Å²) in [7, 11) is 0. The minimum absolute atomic E-state index is 0.186. The van der Waals surface area contributed by atoms with E-state index in [0.29, 0.717) is 6.54 Å². The lowest BCUT2D eigenvalue weighted by atomic mass is 10.1. The molecule has 2 aromatic rings. The second-order valence-corrected chi connectivity index (χ2v) is 4.45. The molecule has 1 aromatic carbocycles. The number of pyridine rings is 1. The van der Waals surface area contributed by atoms with Crippen molar-refractivity contribution in [1.29, 1.82) is 0 Å². The third-order valence-electron chi connectivity index (χ3n) is 3.12. The predicted octanol–water partition coefficient (Wildman–Crippen LogP) is 3.38. The van der Waals surface area contributed by atoms with Gasteiger partial charge >= 0.3 is 0 Å². The molecular weight excluding hydrogens is 227 g/mol. The Labute approximate surface area is 107 Å². The summed E-state index contributed by atoms with van der Waals surface area (Å²) >= 11 is 0. The molecular formula is C15H17FN2. The molecule has 0 saturated carbocycles. The molecule has 1 aromatic heterocycles. The van der Waals surface area contributed by atoms with Gasteiger partial charge in [-0.1, -0.05) is 6.07 Å². The van der Waals surface area contributed by atoms with Gasteiger partial charge in [-0.3, -0.25) is 4.98 Å².